The first-order valence-electron chi connectivity index (χ1n) is 8.04. The minimum absolute atomic E-state index is 0.0195. The summed E-state index contributed by atoms with van der Waals surface area (Å²) in [7, 11) is 3.23. The zero-order chi connectivity index (χ0) is 16.6. The van der Waals surface area contributed by atoms with Crippen LogP contribution in [0, 0.1) is 5.92 Å². The highest BCUT2D eigenvalue weighted by Crippen LogP contribution is 2.43. The molecule has 1 fully saturated rings. The van der Waals surface area contributed by atoms with Crippen molar-refractivity contribution in [2.45, 2.75) is 44.6 Å². The Kier molecular flexibility index (Phi) is 4.74. The molecule has 1 saturated carbocycles. The van der Waals surface area contributed by atoms with Gasteiger partial charge in [0.1, 0.15) is 11.5 Å². The summed E-state index contributed by atoms with van der Waals surface area (Å²) in [5, 5.41) is 0.418. The molecule has 0 heterocycles. The first kappa shape index (κ1) is 16.5. The van der Waals surface area contributed by atoms with E-state index in [2.05, 4.69) is 0 Å². The fourth-order valence-electron chi connectivity index (χ4n) is 3.32. The summed E-state index contributed by atoms with van der Waals surface area (Å²) in [5.41, 5.74) is 2.24. The van der Waals surface area contributed by atoms with E-state index < -0.39 is 0 Å². The van der Waals surface area contributed by atoms with E-state index in [0.717, 1.165) is 43.2 Å². The van der Waals surface area contributed by atoms with Crippen LogP contribution in [0.4, 0.5) is 0 Å². The molecule has 1 aromatic carbocycles. The molecule has 1 atom stereocenters. The summed E-state index contributed by atoms with van der Waals surface area (Å²) < 4.78 is 11.0. The normalized spacial score (nSPS) is 20.0. The second kappa shape index (κ2) is 6.62. The number of fused-ring (bicyclic) bond motifs is 1. The van der Waals surface area contributed by atoms with Crippen molar-refractivity contribution in [3.05, 3.63) is 27.8 Å². The lowest BCUT2D eigenvalue weighted by Gasteiger charge is -2.28. The van der Waals surface area contributed by atoms with Gasteiger partial charge in [0.05, 0.1) is 24.7 Å². The van der Waals surface area contributed by atoms with Gasteiger partial charge in [0.2, 0.25) is 0 Å². The van der Waals surface area contributed by atoms with Crippen molar-refractivity contribution in [1.82, 2.24) is 0 Å². The van der Waals surface area contributed by atoms with Crippen molar-refractivity contribution in [3.8, 4) is 5.75 Å². The number of benzene rings is 1. The fourth-order valence-corrected chi connectivity index (χ4v) is 3.71. The molecule has 2 aliphatic rings. The summed E-state index contributed by atoms with van der Waals surface area (Å²) in [6.07, 6.45) is 4.30. The molecule has 2 aliphatic carbocycles. The summed E-state index contributed by atoms with van der Waals surface area (Å²) >= 11 is 6.54. The number of rotatable bonds is 6. The molecule has 0 spiro atoms. The summed E-state index contributed by atoms with van der Waals surface area (Å²) in [5.74, 6) is 0.525. The van der Waals surface area contributed by atoms with E-state index in [9.17, 15) is 9.59 Å². The third-order valence-electron chi connectivity index (χ3n) is 4.76. The largest absolute Gasteiger partial charge is 0.496 e. The topological polar surface area (TPSA) is 52.6 Å². The van der Waals surface area contributed by atoms with Crippen molar-refractivity contribution in [2.75, 3.05) is 14.2 Å². The molecule has 124 valence electrons. The number of methoxy groups -OCH3 is 2. The van der Waals surface area contributed by atoms with Crippen LogP contribution in [0.3, 0.4) is 0 Å². The van der Waals surface area contributed by atoms with Crippen molar-refractivity contribution in [2.24, 2.45) is 5.92 Å². The van der Waals surface area contributed by atoms with Crippen LogP contribution in [0.1, 0.15) is 59.7 Å². The Balaban J connectivity index is 1.99. The molecule has 3 rings (SSSR count). The van der Waals surface area contributed by atoms with Gasteiger partial charge in [-0.3, -0.25) is 9.59 Å². The Morgan fingerprint density at radius 1 is 1.26 bits per heavy atom. The molecule has 1 unspecified atom stereocenters. The molecule has 0 saturated heterocycles. The van der Waals surface area contributed by atoms with Crippen LogP contribution in [0.15, 0.2) is 6.07 Å². The molecule has 0 aromatic heterocycles. The van der Waals surface area contributed by atoms with E-state index in [0.29, 0.717) is 16.3 Å². The van der Waals surface area contributed by atoms with Gasteiger partial charge in [0, 0.05) is 29.7 Å². The second-order valence-corrected chi connectivity index (χ2v) is 6.67. The Morgan fingerprint density at radius 2 is 2.00 bits per heavy atom. The minimum Gasteiger partial charge on any atom is -0.496 e. The monoisotopic (exact) mass is 336 g/mol. The lowest BCUT2D eigenvalue weighted by Crippen LogP contribution is -2.17. The number of hydrogen-bond acceptors (Lipinski definition) is 4. The Labute approximate surface area is 141 Å². The van der Waals surface area contributed by atoms with Gasteiger partial charge >= 0.3 is 0 Å². The van der Waals surface area contributed by atoms with Crippen LogP contribution in [-0.4, -0.2) is 25.8 Å². The van der Waals surface area contributed by atoms with E-state index >= 15 is 0 Å². The Hall–Kier alpha value is -1.39. The predicted molar refractivity (Wildman–Crippen MR) is 87.4 cm³/mol. The van der Waals surface area contributed by atoms with E-state index in [4.69, 9.17) is 21.1 Å². The molecule has 1 aromatic rings. The highest BCUT2D eigenvalue weighted by Gasteiger charge is 2.33. The van der Waals surface area contributed by atoms with E-state index in [1.54, 1.807) is 20.3 Å². The number of hydrogen-bond donors (Lipinski definition) is 0. The lowest BCUT2D eigenvalue weighted by atomic mass is 9.86. The molecule has 0 radical (unpaired) electrons. The van der Waals surface area contributed by atoms with Gasteiger partial charge < -0.3 is 9.47 Å². The highest BCUT2D eigenvalue weighted by molar-refractivity contribution is 6.35. The molecule has 5 heteroatoms. The first-order valence-corrected chi connectivity index (χ1v) is 8.42. The maximum atomic E-state index is 12.6. The van der Waals surface area contributed by atoms with Crippen LogP contribution in [0.25, 0.3) is 0 Å². The zero-order valence-electron chi connectivity index (χ0n) is 13.5. The molecule has 0 aliphatic heterocycles. The second-order valence-electron chi connectivity index (χ2n) is 6.29. The van der Waals surface area contributed by atoms with Crippen LogP contribution in [0.2, 0.25) is 5.02 Å². The molecular weight excluding hydrogens is 316 g/mol. The molecule has 0 bridgehead atoms. The van der Waals surface area contributed by atoms with E-state index in [1.165, 1.54) is 0 Å². The standard InChI is InChI=1S/C18H21ClO4/c1-22-15-5-3-4-11-16(23-2)8-12(18(19)17(11)15)14(21)9-13(20)10-6-7-10/h8,10,15H,3-7,9H2,1-2H3. The van der Waals surface area contributed by atoms with Gasteiger partial charge in [-0.1, -0.05) is 11.6 Å². The van der Waals surface area contributed by atoms with Gasteiger partial charge in [-0.05, 0) is 38.2 Å². The number of carbonyl (C=O) groups is 2. The van der Waals surface area contributed by atoms with Gasteiger partial charge in [-0.2, -0.15) is 0 Å². The minimum atomic E-state index is -0.228. The summed E-state index contributed by atoms with van der Waals surface area (Å²) in [4.78, 5) is 24.5. The SMILES string of the molecule is COc1cc(C(=O)CC(=O)C2CC2)c(Cl)c2c1CCCC2OC. The van der Waals surface area contributed by atoms with Crippen LogP contribution < -0.4 is 4.74 Å². The number of carbonyl (C=O) groups excluding carboxylic acids is 2. The molecule has 0 amide bonds. The predicted octanol–water partition coefficient (Wildman–Crippen LogP) is 3.92. The van der Waals surface area contributed by atoms with Gasteiger partial charge in [-0.15, -0.1) is 0 Å². The maximum absolute atomic E-state index is 12.6. The fraction of sp³-hybridized carbons (Fsp3) is 0.556. The average molecular weight is 337 g/mol. The third kappa shape index (κ3) is 3.15. The van der Waals surface area contributed by atoms with Crippen molar-refractivity contribution in [1.29, 1.82) is 0 Å². The lowest BCUT2D eigenvalue weighted by molar-refractivity contribution is -0.119. The number of ketones is 2. The van der Waals surface area contributed by atoms with Crippen molar-refractivity contribution in [3.63, 3.8) is 0 Å². The molecule has 23 heavy (non-hydrogen) atoms. The van der Waals surface area contributed by atoms with Crippen LogP contribution in [0.5, 0.6) is 5.75 Å². The number of ether oxygens (including phenoxy) is 2. The summed E-state index contributed by atoms with van der Waals surface area (Å²) in [6.45, 7) is 0. The van der Waals surface area contributed by atoms with Gasteiger partial charge in [0.25, 0.3) is 0 Å². The quantitative estimate of drug-likeness (QED) is 0.583. The number of halogens is 1. The van der Waals surface area contributed by atoms with Crippen LogP contribution >= 0.6 is 11.6 Å². The third-order valence-corrected chi connectivity index (χ3v) is 5.17. The zero-order valence-corrected chi connectivity index (χ0v) is 14.2. The molecular formula is C18H21ClO4. The Morgan fingerprint density at radius 3 is 2.61 bits per heavy atom. The number of Topliss-reactive ketones (excluding diaryl/α,β-unsaturated/α-hetero) is 2. The van der Waals surface area contributed by atoms with Gasteiger partial charge in [-0.25, -0.2) is 0 Å². The molecule has 0 N–H and O–H groups in total. The Bertz CT molecular complexity index is 649. The van der Waals surface area contributed by atoms with Crippen molar-refractivity contribution >= 4 is 23.2 Å². The maximum Gasteiger partial charge on any atom is 0.171 e. The highest BCUT2D eigenvalue weighted by atomic mass is 35.5. The molecule has 4 nitrogen and oxygen atoms in total. The first-order chi connectivity index (χ1) is 11.1. The van der Waals surface area contributed by atoms with Crippen LogP contribution in [-0.2, 0) is 16.0 Å². The average Bonchev–Trinajstić information content (AvgIpc) is 3.39. The smallest absolute Gasteiger partial charge is 0.171 e. The summed E-state index contributed by atoms with van der Waals surface area (Å²) in [6, 6.07) is 1.68. The van der Waals surface area contributed by atoms with Gasteiger partial charge in [0.15, 0.2) is 5.78 Å². The van der Waals surface area contributed by atoms with E-state index in [1.807, 2.05) is 0 Å². The van der Waals surface area contributed by atoms with E-state index in [-0.39, 0.29) is 30.0 Å². The van der Waals surface area contributed by atoms with Crippen molar-refractivity contribution < 1.29 is 19.1 Å².